The van der Waals surface area contributed by atoms with Crippen molar-refractivity contribution in [3.8, 4) is 5.75 Å². The van der Waals surface area contributed by atoms with E-state index < -0.39 is 0 Å². The fraction of sp³-hybridized carbons (Fsp3) is 0.231. The van der Waals surface area contributed by atoms with Gasteiger partial charge in [-0.1, -0.05) is 18.2 Å². The molecule has 3 heteroatoms. The molecule has 0 atom stereocenters. The minimum Gasteiger partial charge on any atom is -0.490 e. The molecule has 0 fully saturated rings. The van der Waals surface area contributed by atoms with Gasteiger partial charge in [0.1, 0.15) is 18.2 Å². The number of hydrogen-bond donors (Lipinski definition) is 1. The van der Waals surface area contributed by atoms with Gasteiger partial charge in [-0.15, -0.1) is 6.58 Å². The Morgan fingerprint density at radius 3 is 2.62 bits per heavy atom. The second-order valence-electron chi connectivity index (χ2n) is 3.18. The van der Waals surface area contributed by atoms with Crippen molar-refractivity contribution in [1.82, 2.24) is 5.32 Å². The van der Waals surface area contributed by atoms with Crippen molar-refractivity contribution in [1.29, 1.82) is 0 Å². The lowest BCUT2D eigenvalue weighted by atomic mass is 10.3. The van der Waals surface area contributed by atoms with E-state index >= 15 is 0 Å². The second-order valence-corrected chi connectivity index (χ2v) is 3.18. The Morgan fingerprint density at radius 1 is 1.19 bits per heavy atom. The lowest BCUT2D eigenvalue weighted by Gasteiger charge is -2.02. The molecule has 0 saturated carbocycles. The van der Waals surface area contributed by atoms with Gasteiger partial charge in [-0.05, 0) is 24.3 Å². The van der Waals surface area contributed by atoms with E-state index in [0.29, 0.717) is 12.4 Å². The predicted molar refractivity (Wildman–Crippen MR) is 64.1 cm³/mol. The first kappa shape index (κ1) is 12.5. The Labute approximate surface area is 95.4 Å². The topological polar surface area (TPSA) is 21.3 Å². The van der Waals surface area contributed by atoms with E-state index in [1.54, 1.807) is 12.1 Å². The van der Waals surface area contributed by atoms with Crippen LogP contribution in [0.4, 0.5) is 4.39 Å². The van der Waals surface area contributed by atoms with Crippen LogP contribution in [0.3, 0.4) is 0 Å². The maximum absolute atomic E-state index is 12.6. The first-order valence-electron chi connectivity index (χ1n) is 5.18. The van der Waals surface area contributed by atoms with Crippen LogP contribution in [0.15, 0.2) is 49.1 Å². The van der Waals surface area contributed by atoms with Crippen molar-refractivity contribution in [3.05, 3.63) is 54.9 Å². The summed E-state index contributed by atoms with van der Waals surface area (Å²) in [5.74, 6) is 0.418. The van der Waals surface area contributed by atoms with Crippen LogP contribution >= 0.6 is 0 Å². The molecule has 16 heavy (non-hydrogen) atoms. The van der Waals surface area contributed by atoms with E-state index in [9.17, 15) is 4.39 Å². The van der Waals surface area contributed by atoms with Crippen LogP contribution in [0, 0.1) is 5.82 Å². The van der Waals surface area contributed by atoms with E-state index in [4.69, 9.17) is 4.74 Å². The Kier molecular flexibility index (Phi) is 5.96. The zero-order valence-electron chi connectivity index (χ0n) is 9.16. The molecular weight excluding hydrogens is 205 g/mol. The first-order valence-corrected chi connectivity index (χ1v) is 5.18. The summed E-state index contributed by atoms with van der Waals surface area (Å²) in [6.45, 7) is 5.67. The monoisotopic (exact) mass is 221 g/mol. The van der Waals surface area contributed by atoms with Gasteiger partial charge in [-0.3, -0.25) is 0 Å². The fourth-order valence-electron chi connectivity index (χ4n) is 1.10. The van der Waals surface area contributed by atoms with Crippen LogP contribution < -0.4 is 10.1 Å². The number of rotatable bonds is 7. The second kappa shape index (κ2) is 7.65. The van der Waals surface area contributed by atoms with Crippen LogP contribution in [0.25, 0.3) is 0 Å². The van der Waals surface area contributed by atoms with Gasteiger partial charge in [-0.25, -0.2) is 4.39 Å². The van der Waals surface area contributed by atoms with Crippen LogP contribution in [0.1, 0.15) is 0 Å². The van der Waals surface area contributed by atoms with E-state index in [1.807, 2.05) is 18.2 Å². The number of benzene rings is 1. The van der Waals surface area contributed by atoms with Crippen LogP contribution in [-0.4, -0.2) is 19.7 Å². The minimum atomic E-state index is -0.253. The number of hydrogen-bond acceptors (Lipinski definition) is 2. The molecule has 0 saturated heterocycles. The number of nitrogens with one attached hydrogen (secondary N) is 1. The third kappa shape index (κ3) is 5.32. The molecular formula is C13H16FNO. The molecule has 1 N–H and O–H groups in total. The molecule has 0 aliphatic heterocycles. The molecule has 1 aromatic rings. The van der Waals surface area contributed by atoms with E-state index in [1.165, 1.54) is 12.1 Å². The summed E-state index contributed by atoms with van der Waals surface area (Å²) in [5, 5.41) is 3.13. The van der Waals surface area contributed by atoms with Crippen molar-refractivity contribution in [2.24, 2.45) is 0 Å². The lowest BCUT2D eigenvalue weighted by Crippen LogP contribution is -2.12. The quantitative estimate of drug-likeness (QED) is 0.564. The molecule has 86 valence electrons. The summed E-state index contributed by atoms with van der Waals surface area (Å²) in [6.07, 6.45) is 5.70. The van der Waals surface area contributed by atoms with Gasteiger partial charge in [0.2, 0.25) is 0 Å². The molecule has 0 aliphatic rings. The third-order valence-electron chi connectivity index (χ3n) is 1.88. The Hall–Kier alpha value is -1.61. The van der Waals surface area contributed by atoms with Gasteiger partial charge in [0.15, 0.2) is 0 Å². The van der Waals surface area contributed by atoms with E-state index in [2.05, 4.69) is 11.9 Å². The molecule has 0 heterocycles. The summed E-state index contributed by atoms with van der Waals surface area (Å²) in [6, 6.07) is 5.98. The molecule has 0 bridgehead atoms. The summed E-state index contributed by atoms with van der Waals surface area (Å²) in [4.78, 5) is 0. The van der Waals surface area contributed by atoms with Gasteiger partial charge in [0, 0.05) is 13.1 Å². The van der Waals surface area contributed by atoms with Crippen LogP contribution in [0.5, 0.6) is 5.75 Å². The standard InChI is InChI=1S/C13H16FNO/c1-2-9-15-10-3-4-11-16-13-7-5-12(14)6-8-13/h2-8,15H,1,9-11H2/b4-3+. The average molecular weight is 221 g/mol. The van der Waals surface area contributed by atoms with E-state index in [-0.39, 0.29) is 5.82 Å². The van der Waals surface area contributed by atoms with Crippen molar-refractivity contribution in [2.75, 3.05) is 19.7 Å². The smallest absolute Gasteiger partial charge is 0.123 e. The number of halogens is 1. The molecule has 2 nitrogen and oxygen atoms in total. The van der Waals surface area contributed by atoms with Gasteiger partial charge in [-0.2, -0.15) is 0 Å². The fourth-order valence-corrected chi connectivity index (χ4v) is 1.10. The molecule has 0 radical (unpaired) electrons. The highest BCUT2D eigenvalue weighted by molar-refractivity contribution is 5.22. The Balaban J connectivity index is 2.15. The highest BCUT2D eigenvalue weighted by Gasteiger charge is 1.91. The highest BCUT2D eigenvalue weighted by Crippen LogP contribution is 2.10. The molecule has 0 spiro atoms. The summed E-state index contributed by atoms with van der Waals surface area (Å²) >= 11 is 0. The molecule has 0 aromatic heterocycles. The molecule has 1 aromatic carbocycles. The van der Waals surface area contributed by atoms with Crippen molar-refractivity contribution < 1.29 is 9.13 Å². The normalized spacial score (nSPS) is 10.6. The van der Waals surface area contributed by atoms with Crippen molar-refractivity contribution in [2.45, 2.75) is 0 Å². The van der Waals surface area contributed by atoms with Crippen molar-refractivity contribution in [3.63, 3.8) is 0 Å². The lowest BCUT2D eigenvalue weighted by molar-refractivity contribution is 0.362. The molecule has 0 amide bonds. The van der Waals surface area contributed by atoms with Gasteiger partial charge >= 0.3 is 0 Å². The highest BCUT2D eigenvalue weighted by atomic mass is 19.1. The minimum absolute atomic E-state index is 0.253. The zero-order chi connectivity index (χ0) is 11.6. The third-order valence-corrected chi connectivity index (χ3v) is 1.88. The predicted octanol–water partition coefficient (Wildman–Crippen LogP) is 2.54. The molecule has 1 rings (SSSR count). The van der Waals surface area contributed by atoms with Crippen LogP contribution in [-0.2, 0) is 0 Å². The largest absolute Gasteiger partial charge is 0.490 e. The maximum atomic E-state index is 12.6. The molecule has 0 unspecified atom stereocenters. The summed E-state index contributed by atoms with van der Waals surface area (Å²) < 4.78 is 17.9. The first-order chi connectivity index (χ1) is 7.83. The van der Waals surface area contributed by atoms with Gasteiger partial charge in [0.25, 0.3) is 0 Å². The van der Waals surface area contributed by atoms with Crippen molar-refractivity contribution >= 4 is 0 Å². The van der Waals surface area contributed by atoms with Crippen LogP contribution in [0.2, 0.25) is 0 Å². The van der Waals surface area contributed by atoms with Gasteiger partial charge < -0.3 is 10.1 Å². The van der Waals surface area contributed by atoms with E-state index in [0.717, 1.165) is 13.1 Å². The maximum Gasteiger partial charge on any atom is 0.123 e. The SMILES string of the molecule is C=CCNC/C=C/COc1ccc(F)cc1. The summed E-state index contributed by atoms with van der Waals surface area (Å²) in [7, 11) is 0. The molecule has 0 aliphatic carbocycles. The Morgan fingerprint density at radius 2 is 1.94 bits per heavy atom. The Bertz CT molecular complexity index is 332. The van der Waals surface area contributed by atoms with Gasteiger partial charge in [0.05, 0.1) is 0 Å². The number of ether oxygens (including phenoxy) is 1. The zero-order valence-corrected chi connectivity index (χ0v) is 9.16. The average Bonchev–Trinajstić information content (AvgIpc) is 2.30. The summed E-state index contributed by atoms with van der Waals surface area (Å²) in [5.41, 5.74) is 0.